The molecular formula is C18H29N. The molecule has 0 radical (unpaired) electrons. The van der Waals surface area contributed by atoms with Crippen molar-refractivity contribution in [1.82, 2.24) is 5.32 Å². The van der Waals surface area contributed by atoms with E-state index in [1.54, 1.807) is 0 Å². The van der Waals surface area contributed by atoms with Crippen LogP contribution in [0.2, 0.25) is 0 Å². The van der Waals surface area contributed by atoms with Crippen LogP contribution in [0.15, 0.2) is 24.3 Å². The highest BCUT2D eigenvalue weighted by atomic mass is 15.0. The van der Waals surface area contributed by atoms with Crippen molar-refractivity contribution in [2.45, 2.75) is 71.4 Å². The minimum absolute atomic E-state index is 0.666. The molecule has 1 aliphatic carbocycles. The van der Waals surface area contributed by atoms with E-state index in [1.807, 2.05) is 0 Å². The lowest BCUT2D eigenvalue weighted by Crippen LogP contribution is -2.44. The summed E-state index contributed by atoms with van der Waals surface area (Å²) >= 11 is 0. The number of aryl methyl sites for hydroxylation is 1. The van der Waals surface area contributed by atoms with Gasteiger partial charge in [-0.3, -0.25) is 0 Å². The molecule has 0 heterocycles. The summed E-state index contributed by atoms with van der Waals surface area (Å²) in [5, 5.41) is 3.79. The third-order valence-electron chi connectivity index (χ3n) is 4.66. The second-order valence-electron chi connectivity index (χ2n) is 6.59. The second-order valence-corrected chi connectivity index (χ2v) is 6.59. The fourth-order valence-corrected chi connectivity index (χ4v) is 3.11. The highest BCUT2D eigenvalue weighted by Crippen LogP contribution is 2.37. The first-order valence-electron chi connectivity index (χ1n) is 7.91. The molecule has 0 aromatic heterocycles. The van der Waals surface area contributed by atoms with E-state index in [1.165, 1.54) is 36.8 Å². The topological polar surface area (TPSA) is 12.0 Å². The Morgan fingerprint density at radius 1 is 1.16 bits per heavy atom. The Hall–Kier alpha value is -0.820. The van der Waals surface area contributed by atoms with Gasteiger partial charge < -0.3 is 5.32 Å². The maximum absolute atomic E-state index is 3.79. The number of hydrogen-bond acceptors (Lipinski definition) is 1. The summed E-state index contributed by atoms with van der Waals surface area (Å²) in [6.45, 7) is 9.14. The standard InChI is InChI=1S/C18H29N/c1-5-13(2)10-15(4)19-18-11-17(12-18)16-8-6-14(3)7-9-16/h6-9,13,15,17-19H,5,10-12H2,1-4H3. The molecule has 0 spiro atoms. The molecule has 1 heteroatoms. The summed E-state index contributed by atoms with van der Waals surface area (Å²) in [5.74, 6) is 1.63. The molecule has 1 nitrogen and oxygen atoms in total. The smallest absolute Gasteiger partial charge is 0.00812 e. The van der Waals surface area contributed by atoms with Gasteiger partial charge in [0.1, 0.15) is 0 Å². The van der Waals surface area contributed by atoms with E-state index >= 15 is 0 Å². The van der Waals surface area contributed by atoms with Crippen LogP contribution >= 0.6 is 0 Å². The molecule has 0 bridgehead atoms. The minimum atomic E-state index is 0.666. The lowest BCUT2D eigenvalue weighted by molar-refractivity contribution is 0.254. The molecule has 2 rings (SSSR count). The molecule has 1 N–H and O–H groups in total. The van der Waals surface area contributed by atoms with Gasteiger partial charge in [0, 0.05) is 12.1 Å². The van der Waals surface area contributed by atoms with Crippen molar-refractivity contribution in [2.24, 2.45) is 5.92 Å². The van der Waals surface area contributed by atoms with Crippen LogP contribution in [0.3, 0.4) is 0 Å². The van der Waals surface area contributed by atoms with E-state index in [0.717, 1.165) is 17.9 Å². The summed E-state index contributed by atoms with van der Waals surface area (Å²) in [5.41, 5.74) is 2.89. The predicted molar refractivity (Wildman–Crippen MR) is 83.6 cm³/mol. The van der Waals surface area contributed by atoms with Crippen LogP contribution in [-0.2, 0) is 0 Å². The summed E-state index contributed by atoms with van der Waals surface area (Å²) < 4.78 is 0. The largest absolute Gasteiger partial charge is 0.311 e. The van der Waals surface area contributed by atoms with Gasteiger partial charge in [-0.2, -0.15) is 0 Å². The molecule has 0 amide bonds. The van der Waals surface area contributed by atoms with Gasteiger partial charge in [0.15, 0.2) is 0 Å². The Balaban J connectivity index is 1.72. The van der Waals surface area contributed by atoms with E-state index in [-0.39, 0.29) is 0 Å². The zero-order chi connectivity index (χ0) is 13.8. The van der Waals surface area contributed by atoms with Gasteiger partial charge in [-0.1, -0.05) is 50.1 Å². The van der Waals surface area contributed by atoms with Crippen LogP contribution in [0.5, 0.6) is 0 Å². The van der Waals surface area contributed by atoms with E-state index < -0.39 is 0 Å². The molecule has 2 atom stereocenters. The van der Waals surface area contributed by atoms with Crippen LogP contribution in [0.4, 0.5) is 0 Å². The van der Waals surface area contributed by atoms with Crippen molar-refractivity contribution in [3.05, 3.63) is 35.4 Å². The molecule has 106 valence electrons. The number of rotatable bonds is 6. The van der Waals surface area contributed by atoms with Crippen molar-refractivity contribution >= 4 is 0 Å². The number of hydrogen-bond donors (Lipinski definition) is 1. The van der Waals surface area contributed by atoms with Crippen LogP contribution < -0.4 is 5.32 Å². The molecule has 19 heavy (non-hydrogen) atoms. The van der Waals surface area contributed by atoms with E-state index in [2.05, 4.69) is 57.3 Å². The van der Waals surface area contributed by atoms with Crippen molar-refractivity contribution in [1.29, 1.82) is 0 Å². The Labute approximate surface area is 118 Å². The molecule has 1 aliphatic rings. The SMILES string of the molecule is CCC(C)CC(C)NC1CC(c2ccc(C)cc2)C1. The third-order valence-corrected chi connectivity index (χ3v) is 4.66. The van der Waals surface area contributed by atoms with Gasteiger partial charge in [0.05, 0.1) is 0 Å². The number of benzene rings is 1. The Kier molecular flexibility index (Phi) is 5.04. The van der Waals surface area contributed by atoms with E-state index in [9.17, 15) is 0 Å². The highest BCUT2D eigenvalue weighted by Gasteiger charge is 2.30. The van der Waals surface area contributed by atoms with Crippen molar-refractivity contribution in [3.8, 4) is 0 Å². The maximum atomic E-state index is 3.79. The molecule has 1 aromatic rings. The summed E-state index contributed by atoms with van der Waals surface area (Å²) in [7, 11) is 0. The Morgan fingerprint density at radius 2 is 1.79 bits per heavy atom. The predicted octanol–water partition coefficient (Wildman–Crippen LogP) is 4.66. The van der Waals surface area contributed by atoms with Gasteiger partial charge in [-0.05, 0) is 50.5 Å². The van der Waals surface area contributed by atoms with E-state index in [4.69, 9.17) is 0 Å². The Morgan fingerprint density at radius 3 is 2.37 bits per heavy atom. The zero-order valence-corrected chi connectivity index (χ0v) is 12.9. The van der Waals surface area contributed by atoms with Crippen molar-refractivity contribution in [3.63, 3.8) is 0 Å². The van der Waals surface area contributed by atoms with Crippen LogP contribution in [-0.4, -0.2) is 12.1 Å². The summed E-state index contributed by atoms with van der Waals surface area (Å²) in [6, 6.07) is 10.5. The average molecular weight is 259 g/mol. The molecule has 1 saturated carbocycles. The molecule has 1 fully saturated rings. The van der Waals surface area contributed by atoms with Gasteiger partial charge in [0.25, 0.3) is 0 Å². The van der Waals surface area contributed by atoms with Crippen LogP contribution in [0, 0.1) is 12.8 Å². The second kappa shape index (κ2) is 6.56. The highest BCUT2D eigenvalue weighted by molar-refractivity contribution is 5.26. The monoisotopic (exact) mass is 259 g/mol. The lowest BCUT2D eigenvalue weighted by atomic mass is 9.75. The first kappa shape index (κ1) is 14.6. The maximum Gasteiger partial charge on any atom is 0.00812 e. The molecule has 2 unspecified atom stereocenters. The zero-order valence-electron chi connectivity index (χ0n) is 12.9. The van der Waals surface area contributed by atoms with Gasteiger partial charge >= 0.3 is 0 Å². The van der Waals surface area contributed by atoms with Crippen molar-refractivity contribution < 1.29 is 0 Å². The Bertz CT molecular complexity index is 375. The number of nitrogens with one attached hydrogen (secondary N) is 1. The summed E-state index contributed by atoms with van der Waals surface area (Å²) in [4.78, 5) is 0. The normalized spacial score (nSPS) is 25.7. The molecule has 0 aliphatic heterocycles. The van der Waals surface area contributed by atoms with Crippen molar-refractivity contribution in [2.75, 3.05) is 0 Å². The van der Waals surface area contributed by atoms with Gasteiger partial charge in [-0.25, -0.2) is 0 Å². The van der Waals surface area contributed by atoms with Crippen LogP contribution in [0.1, 0.15) is 63.5 Å². The molecular weight excluding hydrogens is 230 g/mol. The first-order chi connectivity index (χ1) is 9.08. The third kappa shape index (κ3) is 4.07. The van der Waals surface area contributed by atoms with Gasteiger partial charge in [-0.15, -0.1) is 0 Å². The van der Waals surface area contributed by atoms with Crippen LogP contribution in [0.25, 0.3) is 0 Å². The fraction of sp³-hybridized carbons (Fsp3) is 0.667. The van der Waals surface area contributed by atoms with E-state index in [0.29, 0.717) is 6.04 Å². The molecule has 0 saturated heterocycles. The minimum Gasteiger partial charge on any atom is -0.311 e. The summed E-state index contributed by atoms with van der Waals surface area (Å²) in [6.07, 6.45) is 5.23. The molecule has 1 aromatic carbocycles. The quantitative estimate of drug-likeness (QED) is 0.783. The lowest BCUT2D eigenvalue weighted by Gasteiger charge is -2.38. The first-order valence-corrected chi connectivity index (χ1v) is 7.91. The van der Waals surface area contributed by atoms with Gasteiger partial charge in [0.2, 0.25) is 0 Å². The average Bonchev–Trinajstić information content (AvgIpc) is 2.34. The fourth-order valence-electron chi connectivity index (χ4n) is 3.11.